The summed E-state index contributed by atoms with van der Waals surface area (Å²) in [4.78, 5) is 13.6. The number of hydrogen-bond acceptors (Lipinski definition) is 4. The lowest BCUT2D eigenvalue weighted by atomic mass is 9.89. The number of likely N-dealkylation sites (tertiary alicyclic amines) is 1. The first kappa shape index (κ1) is 15.3. The van der Waals surface area contributed by atoms with E-state index in [0.717, 1.165) is 38.2 Å². The number of amides is 1. The topological polar surface area (TPSA) is 79.3 Å². The first-order chi connectivity index (χ1) is 10.0. The molecular formula is C16H21N3O2. The van der Waals surface area contributed by atoms with Crippen LogP contribution in [0.1, 0.15) is 25.3 Å². The Morgan fingerprint density at radius 2 is 2.19 bits per heavy atom. The van der Waals surface area contributed by atoms with E-state index in [0.29, 0.717) is 12.2 Å². The van der Waals surface area contributed by atoms with Gasteiger partial charge in [-0.05, 0) is 50.6 Å². The number of nitrogens with zero attached hydrogens (tertiary/aromatic N) is 2. The Bertz CT molecular complexity index is 535. The van der Waals surface area contributed by atoms with Gasteiger partial charge in [-0.3, -0.25) is 4.79 Å². The van der Waals surface area contributed by atoms with E-state index < -0.39 is 0 Å². The van der Waals surface area contributed by atoms with Crippen LogP contribution in [-0.4, -0.2) is 37.0 Å². The summed E-state index contributed by atoms with van der Waals surface area (Å²) < 4.78 is 5.64. The minimum atomic E-state index is -0.381. The van der Waals surface area contributed by atoms with E-state index in [1.807, 2.05) is 6.92 Å². The highest BCUT2D eigenvalue weighted by atomic mass is 16.5. The number of primary amides is 1. The number of rotatable bonds is 6. The van der Waals surface area contributed by atoms with E-state index in [2.05, 4.69) is 11.0 Å². The Balaban J connectivity index is 1.68. The molecule has 1 unspecified atom stereocenters. The smallest absolute Gasteiger partial charge is 0.224 e. The number of hydrogen-bond donors (Lipinski definition) is 1. The number of nitrogens with two attached hydrogens (primary N) is 1. The van der Waals surface area contributed by atoms with Gasteiger partial charge in [0.15, 0.2) is 0 Å². The molecule has 1 aromatic rings. The first-order valence-electron chi connectivity index (χ1n) is 7.19. The monoisotopic (exact) mass is 287 g/mol. The summed E-state index contributed by atoms with van der Waals surface area (Å²) in [5.41, 5.74) is 5.68. The van der Waals surface area contributed by atoms with Crippen molar-refractivity contribution in [1.29, 1.82) is 5.26 Å². The van der Waals surface area contributed by atoms with Crippen LogP contribution in [0.25, 0.3) is 0 Å². The van der Waals surface area contributed by atoms with Crippen LogP contribution in [0.2, 0.25) is 0 Å². The maximum absolute atomic E-state index is 11.4. The van der Waals surface area contributed by atoms with Gasteiger partial charge in [0.25, 0.3) is 0 Å². The summed E-state index contributed by atoms with van der Waals surface area (Å²) >= 11 is 0. The Morgan fingerprint density at radius 1 is 1.48 bits per heavy atom. The Morgan fingerprint density at radius 3 is 2.76 bits per heavy atom. The molecule has 1 aliphatic heterocycles. The van der Waals surface area contributed by atoms with Gasteiger partial charge in [-0.2, -0.15) is 5.26 Å². The molecule has 5 nitrogen and oxygen atoms in total. The molecule has 1 amide bonds. The molecule has 1 fully saturated rings. The van der Waals surface area contributed by atoms with Crippen LogP contribution in [-0.2, 0) is 4.79 Å². The number of carbonyl (C=O) groups is 1. The van der Waals surface area contributed by atoms with E-state index in [9.17, 15) is 4.79 Å². The summed E-state index contributed by atoms with van der Waals surface area (Å²) in [5, 5.41) is 8.72. The van der Waals surface area contributed by atoms with E-state index in [1.165, 1.54) is 0 Å². The lowest BCUT2D eigenvalue weighted by Gasteiger charge is -2.20. The standard InChI is InChI=1S/C16H21N3O2/c1-16(15(18)20)7-9-19(12-16)8-2-10-21-14-5-3-13(11-17)4-6-14/h3-6H,2,7-10,12H2,1H3,(H2,18,20). The predicted molar refractivity (Wildman–Crippen MR) is 79.6 cm³/mol. The zero-order valence-electron chi connectivity index (χ0n) is 12.3. The zero-order chi connectivity index (χ0) is 15.3. The average Bonchev–Trinajstić information content (AvgIpc) is 2.87. The van der Waals surface area contributed by atoms with Gasteiger partial charge in [-0.15, -0.1) is 0 Å². The number of benzene rings is 1. The maximum atomic E-state index is 11.4. The van der Waals surface area contributed by atoms with Gasteiger partial charge < -0.3 is 15.4 Å². The van der Waals surface area contributed by atoms with Gasteiger partial charge in [0.05, 0.1) is 23.7 Å². The molecule has 1 aliphatic rings. The highest BCUT2D eigenvalue weighted by Gasteiger charge is 2.38. The van der Waals surface area contributed by atoms with Crippen molar-refractivity contribution in [1.82, 2.24) is 4.90 Å². The van der Waals surface area contributed by atoms with Crippen molar-refractivity contribution in [2.24, 2.45) is 11.1 Å². The predicted octanol–water partition coefficient (Wildman–Crippen LogP) is 1.52. The lowest BCUT2D eigenvalue weighted by molar-refractivity contribution is -0.126. The largest absolute Gasteiger partial charge is 0.494 e. The summed E-state index contributed by atoms with van der Waals surface area (Å²) in [7, 11) is 0. The molecule has 0 saturated carbocycles. The molecule has 0 bridgehead atoms. The molecule has 0 radical (unpaired) electrons. The van der Waals surface area contributed by atoms with Gasteiger partial charge in [-0.1, -0.05) is 0 Å². The molecule has 112 valence electrons. The minimum absolute atomic E-state index is 0.209. The van der Waals surface area contributed by atoms with Crippen LogP contribution in [0.5, 0.6) is 5.75 Å². The van der Waals surface area contributed by atoms with Crippen LogP contribution in [0.3, 0.4) is 0 Å². The normalized spacial score (nSPS) is 21.9. The minimum Gasteiger partial charge on any atom is -0.494 e. The fraction of sp³-hybridized carbons (Fsp3) is 0.500. The van der Waals surface area contributed by atoms with Crippen molar-refractivity contribution in [3.8, 4) is 11.8 Å². The fourth-order valence-corrected chi connectivity index (χ4v) is 2.55. The quantitative estimate of drug-likeness (QED) is 0.805. The Kier molecular flexibility index (Phi) is 4.81. The molecule has 21 heavy (non-hydrogen) atoms. The molecule has 0 aromatic heterocycles. The van der Waals surface area contributed by atoms with Crippen LogP contribution < -0.4 is 10.5 Å². The summed E-state index contributed by atoms with van der Waals surface area (Å²) in [6.45, 7) is 5.10. The van der Waals surface area contributed by atoms with E-state index in [1.54, 1.807) is 24.3 Å². The fourth-order valence-electron chi connectivity index (χ4n) is 2.55. The van der Waals surface area contributed by atoms with E-state index >= 15 is 0 Å². The molecule has 1 aromatic carbocycles. The average molecular weight is 287 g/mol. The lowest BCUT2D eigenvalue weighted by Crippen LogP contribution is -2.37. The highest BCUT2D eigenvalue weighted by Crippen LogP contribution is 2.29. The number of nitriles is 1. The van der Waals surface area contributed by atoms with Crippen LogP contribution in [0.15, 0.2) is 24.3 Å². The molecule has 1 saturated heterocycles. The van der Waals surface area contributed by atoms with Crippen molar-refractivity contribution in [3.63, 3.8) is 0 Å². The summed E-state index contributed by atoms with van der Waals surface area (Å²) in [6, 6.07) is 9.17. The van der Waals surface area contributed by atoms with Crippen molar-refractivity contribution in [3.05, 3.63) is 29.8 Å². The van der Waals surface area contributed by atoms with Crippen LogP contribution >= 0.6 is 0 Å². The van der Waals surface area contributed by atoms with Gasteiger partial charge in [0.2, 0.25) is 5.91 Å². The SMILES string of the molecule is CC1(C(N)=O)CCN(CCCOc2ccc(C#N)cc2)C1. The van der Waals surface area contributed by atoms with Crippen LogP contribution in [0, 0.1) is 16.7 Å². The second-order valence-corrected chi connectivity index (χ2v) is 5.79. The van der Waals surface area contributed by atoms with Gasteiger partial charge in [0.1, 0.15) is 5.75 Å². The molecule has 1 atom stereocenters. The number of carbonyl (C=O) groups excluding carboxylic acids is 1. The summed E-state index contributed by atoms with van der Waals surface area (Å²) in [6.07, 6.45) is 1.73. The molecular weight excluding hydrogens is 266 g/mol. The Hall–Kier alpha value is -2.06. The Labute approximate surface area is 125 Å². The van der Waals surface area contributed by atoms with E-state index in [-0.39, 0.29) is 11.3 Å². The van der Waals surface area contributed by atoms with Gasteiger partial charge in [-0.25, -0.2) is 0 Å². The maximum Gasteiger partial charge on any atom is 0.224 e. The number of ether oxygens (including phenoxy) is 1. The summed E-state index contributed by atoms with van der Waals surface area (Å²) in [5.74, 6) is 0.566. The molecule has 2 N–H and O–H groups in total. The second kappa shape index (κ2) is 6.59. The highest BCUT2D eigenvalue weighted by molar-refractivity contribution is 5.81. The second-order valence-electron chi connectivity index (χ2n) is 5.79. The third-order valence-electron chi connectivity index (χ3n) is 4.02. The van der Waals surface area contributed by atoms with Crippen LogP contribution in [0.4, 0.5) is 0 Å². The molecule has 5 heteroatoms. The van der Waals surface area contributed by atoms with Crippen molar-refractivity contribution in [2.75, 3.05) is 26.2 Å². The van der Waals surface area contributed by atoms with Gasteiger partial charge in [0, 0.05) is 13.1 Å². The third-order valence-corrected chi connectivity index (χ3v) is 4.02. The van der Waals surface area contributed by atoms with E-state index in [4.69, 9.17) is 15.7 Å². The molecule has 2 rings (SSSR count). The van der Waals surface area contributed by atoms with Crippen molar-refractivity contribution < 1.29 is 9.53 Å². The van der Waals surface area contributed by atoms with Crippen molar-refractivity contribution in [2.45, 2.75) is 19.8 Å². The van der Waals surface area contributed by atoms with Crippen molar-refractivity contribution >= 4 is 5.91 Å². The molecule has 0 spiro atoms. The zero-order valence-corrected chi connectivity index (χ0v) is 12.3. The molecule has 1 heterocycles. The van der Waals surface area contributed by atoms with Gasteiger partial charge >= 0.3 is 0 Å². The molecule has 0 aliphatic carbocycles. The first-order valence-corrected chi connectivity index (χ1v) is 7.19. The third kappa shape index (κ3) is 3.96.